The van der Waals surface area contributed by atoms with Crippen LogP contribution < -0.4 is 5.32 Å². The van der Waals surface area contributed by atoms with Gasteiger partial charge in [-0.25, -0.2) is 8.78 Å². The number of nitrogens with zero attached hydrogens (tertiary/aromatic N) is 1. The fraction of sp³-hybridized carbons (Fsp3) is 0.200. The molecule has 0 saturated carbocycles. The maximum Gasteiger partial charge on any atom is 0.236 e. The van der Waals surface area contributed by atoms with Gasteiger partial charge >= 0.3 is 0 Å². The number of benzene rings is 2. The van der Waals surface area contributed by atoms with Gasteiger partial charge in [0.25, 0.3) is 0 Å². The van der Waals surface area contributed by atoms with E-state index in [1.54, 1.807) is 24.3 Å². The number of carbonyl (C=O) groups is 1. The van der Waals surface area contributed by atoms with Gasteiger partial charge < -0.3 is 10.4 Å². The van der Waals surface area contributed by atoms with Gasteiger partial charge in [-0.15, -0.1) is 0 Å². The number of carbonyl (C=O) groups excluding carboxylic acids is 1. The van der Waals surface area contributed by atoms with Crippen LogP contribution in [0.3, 0.4) is 0 Å². The third-order valence-electron chi connectivity index (χ3n) is 3.91. The minimum Gasteiger partial charge on any atom is -0.508 e. The van der Waals surface area contributed by atoms with Gasteiger partial charge in [0.15, 0.2) is 0 Å². The van der Waals surface area contributed by atoms with Crippen LogP contribution >= 0.6 is 11.8 Å². The van der Waals surface area contributed by atoms with Gasteiger partial charge in [0.2, 0.25) is 5.91 Å². The Morgan fingerprint density at radius 1 is 1.22 bits per heavy atom. The van der Waals surface area contributed by atoms with E-state index in [1.165, 1.54) is 17.8 Å². The molecule has 0 aliphatic carbocycles. The summed E-state index contributed by atoms with van der Waals surface area (Å²) < 4.78 is 26.6. The van der Waals surface area contributed by atoms with Crippen LogP contribution in [0.5, 0.6) is 5.75 Å². The zero-order valence-corrected chi connectivity index (χ0v) is 15.2. The standard InChI is InChI=1S/C20H16F2N2O2S/c1-12-19(20(26)23-11-14-5-6-15(21)10-17(14)22)27-18(24-12)9-4-13-2-7-16(25)8-3-13/h2-3,5-8,10,12,19,25H,11H2,1H3,(H,23,26). The first-order valence-electron chi connectivity index (χ1n) is 8.19. The molecule has 0 bridgehead atoms. The third kappa shape index (κ3) is 4.86. The van der Waals surface area contributed by atoms with Crippen LogP contribution in [-0.2, 0) is 11.3 Å². The number of aliphatic imine (C=N–C) groups is 1. The molecule has 0 spiro atoms. The molecule has 138 valence electrons. The molecule has 0 radical (unpaired) electrons. The van der Waals surface area contributed by atoms with Gasteiger partial charge in [-0.3, -0.25) is 9.79 Å². The lowest BCUT2D eigenvalue weighted by Crippen LogP contribution is -2.36. The highest BCUT2D eigenvalue weighted by Crippen LogP contribution is 2.27. The van der Waals surface area contributed by atoms with Crippen LogP contribution in [0.1, 0.15) is 18.1 Å². The predicted molar refractivity (Wildman–Crippen MR) is 101 cm³/mol. The number of nitrogens with one attached hydrogen (secondary N) is 1. The largest absolute Gasteiger partial charge is 0.508 e. The Morgan fingerprint density at radius 2 is 1.96 bits per heavy atom. The molecule has 2 N–H and O–H groups in total. The molecule has 2 unspecified atom stereocenters. The van der Waals surface area contributed by atoms with E-state index < -0.39 is 16.9 Å². The van der Waals surface area contributed by atoms with Crippen LogP contribution in [-0.4, -0.2) is 27.3 Å². The van der Waals surface area contributed by atoms with E-state index in [0.29, 0.717) is 5.04 Å². The van der Waals surface area contributed by atoms with Gasteiger partial charge in [-0.05, 0) is 43.2 Å². The average molecular weight is 386 g/mol. The number of phenols is 1. The quantitative estimate of drug-likeness (QED) is 0.796. The molecular weight excluding hydrogens is 370 g/mol. The number of hydrogen-bond acceptors (Lipinski definition) is 4. The summed E-state index contributed by atoms with van der Waals surface area (Å²) in [5.74, 6) is 4.39. The Bertz CT molecular complexity index is 949. The Balaban J connectivity index is 1.59. The highest BCUT2D eigenvalue weighted by atomic mass is 32.2. The van der Waals surface area contributed by atoms with Crippen LogP contribution in [0, 0.1) is 23.5 Å². The van der Waals surface area contributed by atoms with Crippen molar-refractivity contribution in [2.75, 3.05) is 0 Å². The fourth-order valence-electron chi connectivity index (χ4n) is 2.45. The predicted octanol–water partition coefficient (Wildman–Crippen LogP) is 3.24. The molecule has 1 amide bonds. The van der Waals surface area contributed by atoms with E-state index in [-0.39, 0.29) is 29.8 Å². The lowest BCUT2D eigenvalue weighted by Gasteiger charge is -2.13. The second-order valence-corrected chi connectivity index (χ2v) is 7.09. The number of halogens is 2. The van der Waals surface area contributed by atoms with Gasteiger partial charge in [-0.1, -0.05) is 23.7 Å². The van der Waals surface area contributed by atoms with Crippen molar-refractivity contribution in [1.29, 1.82) is 0 Å². The second kappa shape index (κ2) is 8.23. The number of phenolic OH excluding ortho intramolecular Hbond substituents is 1. The number of hydrogen-bond donors (Lipinski definition) is 2. The summed E-state index contributed by atoms with van der Waals surface area (Å²) >= 11 is 1.25. The first kappa shape index (κ1) is 18.9. The molecule has 0 aromatic heterocycles. The molecule has 2 aromatic carbocycles. The summed E-state index contributed by atoms with van der Waals surface area (Å²) in [6.07, 6.45) is 0. The van der Waals surface area contributed by atoms with E-state index >= 15 is 0 Å². The van der Waals surface area contributed by atoms with Gasteiger partial charge in [0, 0.05) is 23.7 Å². The van der Waals surface area contributed by atoms with Crippen molar-refractivity contribution in [3.63, 3.8) is 0 Å². The van der Waals surface area contributed by atoms with Gasteiger partial charge in [0.05, 0.1) is 6.04 Å². The topological polar surface area (TPSA) is 61.7 Å². The maximum atomic E-state index is 13.7. The molecule has 2 atom stereocenters. The van der Waals surface area contributed by atoms with Crippen LogP contribution in [0.2, 0.25) is 0 Å². The molecule has 27 heavy (non-hydrogen) atoms. The van der Waals surface area contributed by atoms with Crippen molar-refractivity contribution in [2.24, 2.45) is 4.99 Å². The summed E-state index contributed by atoms with van der Waals surface area (Å²) in [5.41, 5.74) is 0.942. The molecule has 1 aliphatic rings. The van der Waals surface area contributed by atoms with E-state index in [1.807, 2.05) is 6.92 Å². The van der Waals surface area contributed by atoms with Crippen LogP contribution in [0.15, 0.2) is 47.5 Å². The SMILES string of the molecule is CC1N=C(C#Cc2ccc(O)cc2)SC1C(=O)NCc1ccc(F)cc1F. The van der Waals surface area contributed by atoms with Crippen molar-refractivity contribution in [3.8, 4) is 17.6 Å². The number of rotatable bonds is 3. The van der Waals surface area contributed by atoms with Crippen molar-refractivity contribution >= 4 is 22.7 Å². The lowest BCUT2D eigenvalue weighted by molar-refractivity contribution is -0.120. The third-order valence-corrected chi connectivity index (χ3v) is 5.20. The van der Waals surface area contributed by atoms with E-state index in [0.717, 1.165) is 17.7 Å². The van der Waals surface area contributed by atoms with Gasteiger partial charge in [0.1, 0.15) is 27.7 Å². The molecule has 4 nitrogen and oxygen atoms in total. The second-order valence-electron chi connectivity index (χ2n) is 5.96. The fourth-order valence-corrected chi connectivity index (χ4v) is 3.48. The van der Waals surface area contributed by atoms with Crippen LogP contribution in [0.25, 0.3) is 0 Å². The van der Waals surface area contributed by atoms with Crippen molar-refractivity contribution < 1.29 is 18.7 Å². The Morgan fingerprint density at radius 3 is 2.67 bits per heavy atom. The van der Waals surface area contributed by atoms with Crippen molar-refractivity contribution in [2.45, 2.75) is 24.8 Å². The average Bonchev–Trinajstić information content (AvgIpc) is 3.01. The first-order valence-corrected chi connectivity index (χ1v) is 9.07. The number of aromatic hydroxyl groups is 1. The molecule has 7 heteroatoms. The minimum absolute atomic E-state index is 0.0246. The summed E-state index contributed by atoms with van der Waals surface area (Å²) in [4.78, 5) is 16.8. The summed E-state index contributed by atoms with van der Waals surface area (Å²) in [6, 6.07) is 9.44. The molecule has 3 rings (SSSR count). The molecule has 0 saturated heterocycles. The number of thioether (sulfide) groups is 1. The molecule has 2 aromatic rings. The first-order chi connectivity index (χ1) is 12.9. The Labute approximate surface area is 159 Å². The zero-order valence-electron chi connectivity index (χ0n) is 14.4. The molecule has 1 heterocycles. The van der Waals surface area contributed by atoms with E-state index in [2.05, 4.69) is 22.2 Å². The molecular formula is C20H16F2N2O2S. The number of amides is 1. The monoisotopic (exact) mass is 386 g/mol. The van der Waals surface area contributed by atoms with E-state index in [9.17, 15) is 18.7 Å². The summed E-state index contributed by atoms with van der Waals surface area (Å²) in [6.45, 7) is 1.79. The minimum atomic E-state index is -0.695. The smallest absolute Gasteiger partial charge is 0.236 e. The summed E-state index contributed by atoms with van der Waals surface area (Å²) in [7, 11) is 0. The van der Waals surface area contributed by atoms with E-state index in [4.69, 9.17) is 0 Å². The highest BCUT2D eigenvalue weighted by molar-refractivity contribution is 8.16. The lowest BCUT2D eigenvalue weighted by atomic mass is 10.2. The highest BCUT2D eigenvalue weighted by Gasteiger charge is 2.32. The molecule has 1 aliphatic heterocycles. The van der Waals surface area contributed by atoms with Crippen molar-refractivity contribution in [3.05, 3.63) is 65.2 Å². The Kier molecular flexibility index (Phi) is 5.77. The summed E-state index contributed by atoms with van der Waals surface area (Å²) in [5, 5.41) is 12.0. The Hall–Kier alpha value is -2.85. The van der Waals surface area contributed by atoms with Crippen molar-refractivity contribution in [1.82, 2.24) is 5.32 Å². The maximum absolute atomic E-state index is 13.7. The molecule has 0 fully saturated rings. The zero-order chi connectivity index (χ0) is 19.4. The normalized spacial score (nSPS) is 18.4. The van der Waals surface area contributed by atoms with Gasteiger partial charge in [-0.2, -0.15) is 0 Å². The van der Waals surface area contributed by atoms with Crippen LogP contribution in [0.4, 0.5) is 8.78 Å².